The van der Waals surface area contributed by atoms with Crippen molar-refractivity contribution in [2.75, 3.05) is 13.1 Å². The van der Waals surface area contributed by atoms with Gasteiger partial charge in [0.15, 0.2) is 0 Å². The number of hydrogen-bond acceptors (Lipinski definition) is 4. The van der Waals surface area contributed by atoms with Crippen LogP contribution in [-0.4, -0.2) is 44.6 Å². The van der Waals surface area contributed by atoms with Gasteiger partial charge in [-0.25, -0.2) is 4.79 Å². The third-order valence-corrected chi connectivity index (χ3v) is 5.11. The molecule has 1 saturated heterocycles. The van der Waals surface area contributed by atoms with Gasteiger partial charge in [0.2, 0.25) is 0 Å². The lowest BCUT2D eigenvalue weighted by Crippen LogP contribution is -2.52. The average molecular weight is 393 g/mol. The molecule has 1 aromatic heterocycles. The minimum atomic E-state index is -0.460. The van der Waals surface area contributed by atoms with Gasteiger partial charge in [-0.1, -0.05) is 24.3 Å². The van der Waals surface area contributed by atoms with Crippen molar-refractivity contribution in [3.63, 3.8) is 0 Å². The molecule has 2 aromatic carbocycles. The van der Waals surface area contributed by atoms with E-state index in [0.29, 0.717) is 19.0 Å². The maximum atomic E-state index is 12.0. The summed E-state index contributed by atoms with van der Waals surface area (Å²) in [5.74, 6) is 0.392. The van der Waals surface area contributed by atoms with Crippen molar-refractivity contribution in [1.29, 1.82) is 0 Å². The molecular formula is C23H27N3O3. The van der Waals surface area contributed by atoms with Crippen molar-refractivity contribution < 1.29 is 14.6 Å². The number of amides is 1. The van der Waals surface area contributed by atoms with Crippen LogP contribution in [0.3, 0.4) is 0 Å². The minimum Gasteiger partial charge on any atom is -0.444 e. The Hall–Kier alpha value is -2.86. The van der Waals surface area contributed by atoms with Crippen molar-refractivity contribution in [1.82, 2.24) is 14.7 Å². The van der Waals surface area contributed by atoms with Crippen LogP contribution in [0.1, 0.15) is 26.3 Å². The first kappa shape index (κ1) is 19.5. The number of carbonyl (C=O) groups is 1. The van der Waals surface area contributed by atoms with Gasteiger partial charge < -0.3 is 14.7 Å². The zero-order valence-electron chi connectivity index (χ0n) is 17.1. The Morgan fingerprint density at radius 1 is 1.14 bits per heavy atom. The van der Waals surface area contributed by atoms with Crippen LogP contribution >= 0.6 is 0 Å². The molecule has 1 N–H and O–H groups in total. The van der Waals surface area contributed by atoms with Crippen LogP contribution in [0.4, 0.5) is 4.79 Å². The number of aliphatic hydroxyl groups excluding tert-OH is 1. The monoisotopic (exact) mass is 393 g/mol. The van der Waals surface area contributed by atoms with E-state index < -0.39 is 5.60 Å². The summed E-state index contributed by atoms with van der Waals surface area (Å²) in [6.45, 7) is 7.88. The molecule has 2 heterocycles. The second-order valence-electron chi connectivity index (χ2n) is 8.76. The van der Waals surface area contributed by atoms with Gasteiger partial charge in [-0.3, -0.25) is 4.68 Å². The fraction of sp³-hybridized carbons (Fsp3) is 0.391. The molecule has 0 aliphatic carbocycles. The summed E-state index contributed by atoms with van der Waals surface area (Å²) in [5.41, 5.74) is 2.64. The summed E-state index contributed by atoms with van der Waals surface area (Å²) < 4.78 is 7.35. The molecule has 0 radical (unpaired) electrons. The summed E-state index contributed by atoms with van der Waals surface area (Å²) in [5, 5.41) is 16.0. The van der Waals surface area contributed by atoms with Crippen LogP contribution in [0.2, 0.25) is 0 Å². The summed E-state index contributed by atoms with van der Waals surface area (Å²) in [4.78, 5) is 13.8. The number of aliphatic hydroxyl groups is 1. The molecule has 6 heteroatoms. The molecule has 0 spiro atoms. The fourth-order valence-electron chi connectivity index (χ4n) is 3.61. The van der Waals surface area contributed by atoms with Crippen molar-refractivity contribution in [3.8, 4) is 11.1 Å². The van der Waals surface area contributed by atoms with Crippen LogP contribution in [-0.2, 0) is 17.9 Å². The van der Waals surface area contributed by atoms with Crippen LogP contribution in [0.5, 0.6) is 0 Å². The standard InChI is InChI=1S/C23H27N3O3/c1-23(2,3)29-22(28)25-11-17(12-25)13-26-14-21(10-24-26)20-7-6-18-8-16(15-27)4-5-19(18)9-20/h4-10,14,17,27H,11-13,15H2,1-3H3. The van der Waals surface area contributed by atoms with Gasteiger partial charge in [0.1, 0.15) is 5.60 Å². The summed E-state index contributed by atoms with van der Waals surface area (Å²) in [6, 6.07) is 12.3. The lowest BCUT2D eigenvalue weighted by atomic mass is 10.0. The van der Waals surface area contributed by atoms with Crippen molar-refractivity contribution in [2.24, 2.45) is 5.92 Å². The molecule has 6 nitrogen and oxygen atoms in total. The van der Waals surface area contributed by atoms with Gasteiger partial charge in [-0.15, -0.1) is 0 Å². The second-order valence-corrected chi connectivity index (χ2v) is 8.76. The highest BCUT2D eigenvalue weighted by Gasteiger charge is 2.33. The fourth-order valence-corrected chi connectivity index (χ4v) is 3.61. The van der Waals surface area contributed by atoms with Gasteiger partial charge in [-0.05, 0) is 54.8 Å². The Kier molecular flexibility index (Phi) is 5.04. The highest BCUT2D eigenvalue weighted by molar-refractivity contribution is 5.87. The zero-order chi connectivity index (χ0) is 20.6. The van der Waals surface area contributed by atoms with Crippen molar-refractivity contribution in [2.45, 2.75) is 39.5 Å². The first-order chi connectivity index (χ1) is 13.8. The first-order valence-corrected chi connectivity index (χ1v) is 9.95. The van der Waals surface area contributed by atoms with Gasteiger partial charge in [0.25, 0.3) is 0 Å². The van der Waals surface area contributed by atoms with Gasteiger partial charge in [0, 0.05) is 37.3 Å². The van der Waals surface area contributed by atoms with E-state index in [4.69, 9.17) is 4.74 Å². The molecule has 29 heavy (non-hydrogen) atoms. The summed E-state index contributed by atoms with van der Waals surface area (Å²) in [7, 11) is 0. The number of nitrogens with zero attached hydrogens (tertiary/aromatic N) is 3. The van der Waals surface area contributed by atoms with E-state index in [2.05, 4.69) is 29.5 Å². The number of fused-ring (bicyclic) bond motifs is 1. The van der Waals surface area contributed by atoms with Crippen LogP contribution in [0, 0.1) is 5.92 Å². The smallest absolute Gasteiger partial charge is 0.410 e. The molecule has 1 aliphatic rings. The molecule has 1 fully saturated rings. The largest absolute Gasteiger partial charge is 0.444 e. The second kappa shape index (κ2) is 7.52. The predicted octanol–water partition coefficient (Wildman–Crippen LogP) is 4.06. The number of ether oxygens (including phenoxy) is 1. The van der Waals surface area contributed by atoms with E-state index in [-0.39, 0.29) is 12.7 Å². The molecule has 1 amide bonds. The highest BCUT2D eigenvalue weighted by atomic mass is 16.6. The Balaban J connectivity index is 1.38. The van der Waals surface area contributed by atoms with E-state index in [1.54, 1.807) is 4.90 Å². The number of hydrogen-bond donors (Lipinski definition) is 1. The lowest BCUT2D eigenvalue weighted by molar-refractivity contribution is -0.00383. The SMILES string of the molecule is CC(C)(C)OC(=O)N1CC(Cn2cc(-c3ccc4cc(CO)ccc4c3)cn2)C1. The zero-order valence-corrected chi connectivity index (χ0v) is 17.1. The third-order valence-electron chi connectivity index (χ3n) is 5.11. The average Bonchev–Trinajstić information content (AvgIpc) is 3.10. The van der Waals surface area contributed by atoms with E-state index in [0.717, 1.165) is 34.0 Å². The van der Waals surface area contributed by atoms with Crippen LogP contribution in [0.15, 0.2) is 48.8 Å². The number of likely N-dealkylation sites (tertiary alicyclic amines) is 1. The van der Waals surface area contributed by atoms with E-state index in [9.17, 15) is 9.90 Å². The number of rotatable bonds is 4. The predicted molar refractivity (Wildman–Crippen MR) is 112 cm³/mol. The summed E-state index contributed by atoms with van der Waals surface area (Å²) in [6.07, 6.45) is 3.70. The van der Waals surface area contributed by atoms with Gasteiger partial charge in [0.05, 0.1) is 12.8 Å². The number of benzene rings is 2. The molecule has 0 unspecified atom stereocenters. The molecule has 4 rings (SSSR count). The Labute approximate surface area is 170 Å². The van der Waals surface area contributed by atoms with E-state index in [1.165, 1.54) is 0 Å². The maximum Gasteiger partial charge on any atom is 0.410 e. The Morgan fingerprint density at radius 2 is 1.86 bits per heavy atom. The molecule has 0 bridgehead atoms. The third kappa shape index (κ3) is 4.43. The molecule has 3 aromatic rings. The Bertz CT molecular complexity index is 1030. The minimum absolute atomic E-state index is 0.0526. The first-order valence-electron chi connectivity index (χ1n) is 9.95. The maximum absolute atomic E-state index is 12.0. The van der Waals surface area contributed by atoms with Gasteiger partial charge in [-0.2, -0.15) is 5.10 Å². The number of aromatic nitrogens is 2. The number of carbonyl (C=O) groups excluding carboxylic acids is 1. The Morgan fingerprint density at radius 3 is 2.59 bits per heavy atom. The molecule has 1 aliphatic heterocycles. The molecule has 152 valence electrons. The van der Waals surface area contributed by atoms with Crippen molar-refractivity contribution in [3.05, 3.63) is 54.4 Å². The topological polar surface area (TPSA) is 67.6 Å². The molecule has 0 atom stereocenters. The van der Waals surface area contributed by atoms with Gasteiger partial charge >= 0.3 is 6.09 Å². The quantitative estimate of drug-likeness (QED) is 0.726. The van der Waals surface area contributed by atoms with E-state index in [1.807, 2.05) is 49.8 Å². The van der Waals surface area contributed by atoms with Crippen molar-refractivity contribution >= 4 is 16.9 Å². The molecule has 0 saturated carbocycles. The molecular weight excluding hydrogens is 366 g/mol. The van der Waals surface area contributed by atoms with Crippen LogP contribution in [0.25, 0.3) is 21.9 Å². The lowest BCUT2D eigenvalue weighted by Gasteiger charge is -2.39. The van der Waals surface area contributed by atoms with E-state index >= 15 is 0 Å². The van der Waals surface area contributed by atoms with Crippen LogP contribution < -0.4 is 0 Å². The summed E-state index contributed by atoms with van der Waals surface area (Å²) >= 11 is 0. The highest BCUT2D eigenvalue weighted by Crippen LogP contribution is 2.26. The normalized spacial score (nSPS) is 14.8.